The Morgan fingerprint density at radius 3 is 2.82 bits per heavy atom. The first-order chi connectivity index (χ1) is 15.9. The molecule has 0 saturated heterocycles. The molecule has 8 heteroatoms. The lowest BCUT2D eigenvalue weighted by Gasteiger charge is -2.39. The van der Waals surface area contributed by atoms with Crippen LogP contribution in [-0.2, 0) is 12.0 Å². The van der Waals surface area contributed by atoms with Crippen LogP contribution in [0, 0.1) is 5.82 Å². The molecule has 1 aliphatic carbocycles. The van der Waals surface area contributed by atoms with Gasteiger partial charge in [0.25, 0.3) is 0 Å². The van der Waals surface area contributed by atoms with E-state index in [1.807, 2.05) is 22.8 Å². The second-order valence-electron chi connectivity index (χ2n) is 9.03. The number of aromatic nitrogens is 2. The number of nitrogens with one attached hydrogen (secondary N) is 1. The average molecular weight is 451 g/mol. The molecule has 5 rings (SSSR count). The van der Waals surface area contributed by atoms with E-state index in [1.54, 1.807) is 12.4 Å². The Kier molecular flexibility index (Phi) is 5.31. The molecular weight excluding hydrogens is 423 g/mol. The summed E-state index contributed by atoms with van der Waals surface area (Å²) in [6, 6.07) is 5.75. The van der Waals surface area contributed by atoms with Gasteiger partial charge in [-0.25, -0.2) is 4.39 Å². The summed E-state index contributed by atoms with van der Waals surface area (Å²) in [5.41, 5.74) is 6.66. The number of Topliss-reactive ketones (excluding diaryl/α,β-unsaturated/α-hetero) is 1. The minimum absolute atomic E-state index is 0.0280. The third kappa shape index (κ3) is 3.44. The summed E-state index contributed by atoms with van der Waals surface area (Å²) >= 11 is 0. The molecule has 2 aliphatic rings. The van der Waals surface area contributed by atoms with Crippen molar-refractivity contribution in [1.82, 2.24) is 9.55 Å². The predicted octanol–water partition coefficient (Wildman–Crippen LogP) is 4.03. The normalized spacial score (nSPS) is 16.2. The Labute approximate surface area is 190 Å². The Hall–Kier alpha value is -3.42. The van der Waals surface area contributed by atoms with Crippen molar-refractivity contribution >= 4 is 28.1 Å². The molecule has 0 radical (unpaired) electrons. The maximum Gasteiger partial charge on any atom is 0.202 e. The van der Waals surface area contributed by atoms with Crippen LogP contribution >= 0.6 is 0 Å². The summed E-state index contributed by atoms with van der Waals surface area (Å²) in [6.07, 6.45) is 8.63. The van der Waals surface area contributed by atoms with Gasteiger partial charge in [-0.1, -0.05) is 18.9 Å². The Bertz CT molecular complexity index is 1300. The first-order valence-electron chi connectivity index (χ1n) is 11.4. The number of nitrogens with zero attached hydrogens (tertiary/aromatic N) is 2. The number of fused-ring (bicyclic) bond motifs is 1. The van der Waals surface area contributed by atoms with Gasteiger partial charge >= 0.3 is 0 Å². The number of pyridine rings is 2. The van der Waals surface area contributed by atoms with Crippen LogP contribution in [0.25, 0.3) is 10.9 Å². The number of carbonyl (C=O) groups is 1. The number of anilines is 2. The quantitative estimate of drug-likeness (QED) is 0.334. The van der Waals surface area contributed by atoms with Crippen molar-refractivity contribution in [2.45, 2.75) is 51.0 Å². The molecule has 1 aromatic carbocycles. The van der Waals surface area contributed by atoms with E-state index in [0.717, 1.165) is 44.2 Å². The molecule has 3 heterocycles. The number of nitrogens with two attached hydrogens (primary N) is 1. The summed E-state index contributed by atoms with van der Waals surface area (Å²) in [5, 5.41) is 3.17. The molecule has 1 saturated carbocycles. The molecule has 7 nitrogen and oxygen atoms in total. The molecule has 3 N–H and O–H groups in total. The molecule has 0 atom stereocenters. The minimum atomic E-state index is -0.720. The summed E-state index contributed by atoms with van der Waals surface area (Å²) in [4.78, 5) is 29.7. The number of ether oxygens (including phenoxy) is 1. The van der Waals surface area contributed by atoms with Crippen molar-refractivity contribution in [2.24, 2.45) is 0 Å². The zero-order valence-electron chi connectivity index (χ0n) is 18.6. The van der Waals surface area contributed by atoms with E-state index < -0.39 is 11.2 Å². The van der Waals surface area contributed by atoms with Gasteiger partial charge in [0.2, 0.25) is 5.43 Å². The van der Waals surface area contributed by atoms with E-state index in [2.05, 4.69) is 10.3 Å². The summed E-state index contributed by atoms with van der Waals surface area (Å²) in [7, 11) is 0. The van der Waals surface area contributed by atoms with Crippen LogP contribution in [0.15, 0.2) is 35.4 Å². The zero-order chi connectivity index (χ0) is 23.2. The van der Waals surface area contributed by atoms with E-state index in [1.165, 1.54) is 6.92 Å². The zero-order valence-corrected chi connectivity index (χ0v) is 18.6. The fourth-order valence-electron chi connectivity index (χ4n) is 5.20. The van der Waals surface area contributed by atoms with Gasteiger partial charge in [0.15, 0.2) is 17.3 Å². The predicted molar refractivity (Wildman–Crippen MR) is 126 cm³/mol. The van der Waals surface area contributed by atoms with E-state index >= 15 is 4.39 Å². The first-order valence-corrected chi connectivity index (χ1v) is 11.4. The molecular formula is C25H27FN4O3. The largest absolute Gasteiger partial charge is 0.487 e. The molecule has 1 spiro atoms. The molecule has 0 amide bonds. The van der Waals surface area contributed by atoms with Crippen LogP contribution in [0.3, 0.4) is 0 Å². The smallest absolute Gasteiger partial charge is 0.202 e. The SMILES string of the molecule is CC(=O)c1cn2c3c(c(NCCCc4ccccn4)c(F)c(N)c3c1=O)OCC21CCCC1. The number of hydrogen-bond acceptors (Lipinski definition) is 6. The van der Waals surface area contributed by atoms with Crippen LogP contribution in [0.2, 0.25) is 0 Å². The van der Waals surface area contributed by atoms with Gasteiger partial charge in [0.1, 0.15) is 12.3 Å². The lowest BCUT2D eigenvalue weighted by molar-refractivity contribution is 0.101. The van der Waals surface area contributed by atoms with Gasteiger partial charge in [-0.05, 0) is 44.7 Å². The molecule has 33 heavy (non-hydrogen) atoms. The molecule has 0 unspecified atom stereocenters. The van der Waals surface area contributed by atoms with Crippen molar-refractivity contribution in [3.8, 4) is 5.75 Å². The highest BCUT2D eigenvalue weighted by molar-refractivity contribution is 6.04. The minimum Gasteiger partial charge on any atom is -0.487 e. The highest BCUT2D eigenvalue weighted by atomic mass is 19.1. The maximum absolute atomic E-state index is 15.5. The number of hydrogen-bond donors (Lipinski definition) is 2. The summed E-state index contributed by atoms with van der Waals surface area (Å²) in [5.74, 6) is -0.787. The number of carbonyl (C=O) groups excluding carboxylic acids is 1. The van der Waals surface area contributed by atoms with E-state index in [0.29, 0.717) is 24.4 Å². The van der Waals surface area contributed by atoms with Gasteiger partial charge in [-0.3, -0.25) is 14.6 Å². The lowest BCUT2D eigenvalue weighted by Crippen LogP contribution is -2.42. The van der Waals surface area contributed by atoms with E-state index in [-0.39, 0.29) is 33.6 Å². The molecule has 172 valence electrons. The Morgan fingerprint density at radius 1 is 1.33 bits per heavy atom. The second kappa shape index (κ2) is 8.17. The van der Waals surface area contributed by atoms with Crippen LogP contribution in [-0.4, -0.2) is 28.5 Å². The number of ketones is 1. The third-order valence-corrected chi connectivity index (χ3v) is 6.92. The average Bonchev–Trinajstić information content (AvgIpc) is 3.28. The first kappa shape index (κ1) is 21.4. The van der Waals surface area contributed by atoms with Crippen molar-refractivity contribution in [1.29, 1.82) is 0 Å². The Balaban J connectivity index is 1.60. The number of rotatable bonds is 6. The van der Waals surface area contributed by atoms with Gasteiger partial charge in [-0.15, -0.1) is 0 Å². The molecule has 2 aromatic heterocycles. The number of benzene rings is 1. The molecule has 3 aromatic rings. The van der Waals surface area contributed by atoms with Gasteiger partial charge in [0.05, 0.1) is 27.7 Å². The highest BCUT2D eigenvalue weighted by Crippen LogP contribution is 2.48. The molecule has 0 bridgehead atoms. The van der Waals surface area contributed by atoms with Gasteiger partial charge in [-0.2, -0.15) is 0 Å². The third-order valence-electron chi connectivity index (χ3n) is 6.92. The number of aryl methyl sites for hydroxylation is 1. The topological polar surface area (TPSA) is 99.2 Å². The van der Waals surface area contributed by atoms with E-state index in [9.17, 15) is 9.59 Å². The van der Waals surface area contributed by atoms with Crippen LogP contribution in [0.4, 0.5) is 15.8 Å². The van der Waals surface area contributed by atoms with Crippen molar-refractivity contribution < 1.29 is 13.9 Å². The monoisotopic (exact) mass is 450 g/mol. The second-order valence-corrected chi connectivity index (χ2v) is 9.03. The fraction of sp³-hybridized carbons (Fsp3) is 0.400. The molecule has 1 fully saturated rings. The Morgan fingerprint density at radius 2 is 2.12 bits per heavy atom. The van der Waals surface area contributed by atoms with Crippen LogP contribution < -0.4 is 21.2 Å². The van der Waals surface area contributed by atoms with Gasteiger partial charge < -0.3 is 20.4 Å². The van der Waals surface area contributed by atoms with Crippen LogP contribution in [0.5, 0.6) is 5.75 Å². The maximum atomic E-state index is 15.5. The highest BCUT2D eigenvalue weighted by Gasteiger charge is 2.42. The summed E-state index contributed by atoms with van der Waals surface area (Å²) in [6.45, 7) is 2.19. The number of nitrogen functional groups attached to an aromatic ring is 1. The molecule has 1 aliphatic heterocycles. The van der Waals surface area contributed by atoms with Gasteiger partial charge in [0, 0.05) is 24.6 Å². The van der Waals surface area contributed by atoms with E-state index in [4.69, 9.17) is 10.5 Å². The van der Waals surface area contributed by atoms with Crippen LogP contribution in [0.1, 0.15) is 55.1 Å². The fourth-order valence-corrected chi connectivity index (χ4v) is 5.20. The standard InChI is InChI=1S/C25H27FN4O3/c1-15(31)17-13-30-22-18(23(17)32)20(27)19(26)21(24(22)33-14-25(30)9-3-4-10-25)29-12-6-8-16-7-2-5-11-28-16/h2,5,7,11,13,29H,3-4,6,8-10,12,14,27H2,1H3. The van der Waals surface area contributed by atoms with Crippen molar-refractivity contribution in [2.75, 3.05) is 24.2 Å². The van der Waals surface area contributed by atoms with Crippen molar-refractivity contribution in [3.63, 3.8) is 0 Å². The lowest BCUT2D eigenvalue weighted by atomic mass is 9.93. The summed E-state index contributed by atoms with van der Waals surface area (Å²) < 4.78 is 23.6. The van der Waals surface area contributed by atoms with Crippen molar-refractivity contribution in [3.05, 3.63) is 57.9 Å². The number of halogens is 1.